The van der Waals surface area contributed by atoms with E-state index in [0.717, 1.165) is 12.3 Å². The minimum absolute atomic E-state index is 0.0920. The van der Waals surface area contributed by atoms with Crippen LogP contribution in [0.1, 0.15) is 6.92 Å². The zero-order valence-electron chi connectivity index (χ0n) is 14.2. The first kappa shape index (κ1) is 20.0. The number of halogens is 2. The van der Waals surface area contributed by atoms with Gasteiger partial charge in [0, 0.05) is 12.2 Å². The summed E-state index contributed by atoms with van der Waals surface area (Å²) in [4.78, 5) is 11.9. The molecule has 0 aliphatic rings. The summed E-state index contributed by atoms with van der Waals surface area (Å²) in [7, 11) is -3.36. The number of hydrogen-bond acceptors (Lipinski definition) is 4. The molecule has 0 heterocycles. The molecule has 0 atom stereocenters. The molecule has 0 aliphatic carbocycles. The van der Waals surface area contributed by atoms with Crippen molar-refractivity contribution in [3.8, 4) is 5.75 Å². The third-order valence-electron chi connectivity index (χ3n) is 3.39. The largest absolute Gasteiger partial charge is 0.484 e. The van der Waals surface area contributed by atoms with Crippen LogP contribution in [0.4, 0.5) is 15.8 Å². The molecule has 0 unspecified atom stereocenters. The van der Waals surface area contributed by atoms with Crippen molar-refractivity contribution in [2.24, 2.45) is 0 Å². The quantitative estimate of drug-likeness (QED) is 0.773. The van der Waals surface area contributed by atoms with Gasteiger partial charge in [-0.15, -0.1) is 0 Å². The summed E-state index contributed by atoms with van der Waals surface area (Å²) >= 11 is 5.65. The van der Waals surface area contributed by atoms with E-state index in [1.165, 1.54) is 16.4 Å². The normalized spacial score (nSPS) is 11.1. The Kier molecular flexibility index (Phi) is 6.44. The molecule has 0 bridgehead atoms. The van der Waals surface area contributed by atoms with E-state index in [4.69, 9.17) is 16.3 Å². The van der Waals surface area contributed by atoms with E-state index in [-0.39, 0.29) is 11.6 Å². The fraction of sp³-hybridized carbons (Fsp3) is 0.235. The van der Waals surface area contributed by atoms with Crippen LogP contribution in [0.2, 0.25) is 5.02 Å². The Labute approximate surface area is 156 Å². The van der Waals surface area contributed by atoms with Gasteiger partial charge in [0.15, 0.2) is 6.61 Å². The first-order valence-electron chi connectivity index (χ1n) is 7.66. The van der Waals surface area contributed by atoms with Crippen LogP contribution >= 0.6 is 11.6 Å². The maximum Gasteiger partial charge on any atom is 0.262 e. The van der Waals surface area contributed by atoms with Gasteiger partial charge in [-0.25, -0.2) is 12.8 Å². The van der Waals surface area contributed by atoms with Gasteiger partial charge >= 0.3 is 0 Å². The smallest absolute Gasteiger partial charge is 0.262 e. The van der Waals surface area contributed by atoms with E-state index in [1.54, 1.807) is 31.2 Å². The molecule has 26 heavy (non-hydrogen) atoms. The summed E-state index contributed by atoms with van der Waals surface area (Å²) < 4.78 is 43.1. The lowest BCUT2D eigenvalue weighted by Crippen LogP contribution is -2.29. The molecule has 1 amide bonds. The third kappa shape index (κ3) is 5.34. The number of ether oxygens (including phenoxy) is 1. The first-order chi connectivity index (χ1) is 12.2. The molecule has 2 aromatic carbocycles. The summed E-state index contributed by atoms with van der Waals surface area (Å²) in [6, 6.07) is 10.2. The number of amides is 1. The Morgan fingerprint density at radius 1 is 1.23 bits per heavy atom. The van der Waals surface area contributed by atoms with Crippen LogP contribution < -0.4 is 14.4 Å². The Balaban J connectivity index is 1.95. The van der Waals surface area contributed by atoms with Crippen LogP contribution in [-0.2, 0) is 14.8 Å². The van der Waals surface area contributed by atoms with Crippen LogP contribution in [0.15, 0.2) is 42.5 Å². The number of carbonyl (C=O) groups is 1. The maximum absolute atomic E-state index is 13.1. The Morgan fingerprint density at radius 3 is 2.42 bits per heavy atom. The predicted octanol–water partition coefficient (Wildman–Crippen LogP) is 3.28. The molecular weight excluding hydrogens is 383 g/mol. The Bertz CT molecular complexity index is 888. The lowest BCUT2D eigenvalue weighted by atomic mass is 10.3. The van der Waals surface area contributed by atoms with Gasteiger partial charge in [-0.1, -0.05) is 11.6 Å². The average molecular weight is 401 g/mol. The monoisotopic (exact) mass is 400 g/mol. The molecule has 0 radical (unpaired) electrons. The Morgan fingerprint density at radius 2 is 1.88 bits per heavy atom. The van der Waals surface area contributed by atoms with Gasteiger partial charge < -0.3 is 10.1 Å². The number of benzene rings is 2. The minimum atomic E-state index is -3.36. The molecule has 0 saturated heterocycles. The van der Waals surface area contributed by atoms with Gasteiger partial charge in [0.05, 0.1) is 17.0 Å². The predicted molar refractivity (Wildman–Crippen MR) is 99.8 cm³/mol. The number of carbonyl (C=O) groups excluding carboxylic acids is 1. The molecule has 0 aromatic heterocycles. The summed E-state index contributed by atoms with van der Waals surface area (Å²) in [6.07, 6.45) is 1.13. The molecule has 6 nitrogen and oxygen atoms in total. The zero-order valence-corrected chi connectivity index (χ0v) is 15.8. The highest BCUT2D eigenvalue weighted by atomic mass is 35.5. The van der Waals surface area contributed by atoms with Crippen molar-refractivity contribution in [2.45, 2.75) is 6.92 Å². The van der Waals surface area contributed by atoms with Gasteiger partial charge in [0.2, 0.25) is 10.0 Å². The van der Waals surface area contributed by atoms with Crippen LogP contribution in [-0.4, -0.2) is 33.7 Å². The van der Waals surface area contributed by atoms with E-state index in [0.29, 0.717) is 23.7 Å². The third-order valence-corrected chi connectivity index (χ3v) is 4.94. The summed E-state index contributed by atoms with van der Waals surface area (Å²) in [5.74, 6) is -0.607. The molecule has 0 saturated carbocycles. The van der Waals surface area contributed by atoms with Crippen molar-refractivity contribution in [3.63, 3.8) is 0 Å². The topological polar surface area (TPSA) is 75.7 Å². The number of rotatable bonds is 7. The standard InChI is InChI=1S/C17H18ClFN2O4S/c1-3-21(26(2,23)24)13-5-7-14(8-6-13)25-11-17(22)20-12-4-9-16(19)15(18)10-12/h4-10H,3,11H2,1-2H3,(H,20,22). The fourth-order valence-corrected chi connectivity index (χ4v) is 3.39. The molecule has 140 valence electrons. The highest BCUT2D eigenvalue weighted by Crippen LogP contribution is 2.22. The highest BCUT2D eigenvalue weighted by molar-refractivity contribution is 7.92. The second kappa shape index (κ2) is 8.37. The van der Waals surface area contributed by atoms with Crippen molar-refractivity contribution in [3.05, 3.63) is 53.3 Å². The van der Waals surface area contributed by atoms with Crippen molar-refractivity contribution < 1.29 is 22.3 Å². The zero-order chi connectivity index (χ0) is 19.3. The van der Waals surface area contributed by atoms with Crippen LogP contribution in [0.5, 0.6) is 5.75 Å². The molecular formula is C17H18ClFN2O4S. The molecule has 0 spiro atoms. The van der Waals surface area contributed by atoms with Crippen LogP contribution in [0.3, 0.4) is 0 Å². The van der Waals surface area contributed by atoms with E-state index in [1.807, 2.05) is 0 Å². The maximum atomic E-state index is 13.1. The van der Waals surface area contributed by atoms with Crippen LogP contribution in [0, 0.1) is 5.82 Å². The van der Waals surface area contributed by atoms with Crippen molar-refractivity contribution in [1.29, 1.82) is 0 Å². The number of anilines is 2. The second-order valence-electron chi connectivity index (χ2n) is 5.39. The van der Waals surface area contributed by atoms with Gasteiger partial charge in [0.1, 0.15) is 11.6 Å². The summed E-state index contributed by atoms with van der Waals surface area (Å²) in [5.41, 5.74) is 0.861. The lowest BCUT2D eigenvalue weighted by Gasteiger charge is -2.20. The molecule has 1 N–H and O–H groups in total. The van der Waals surface area contributed by atoms with Crippen molar-refractivity contribution >= 4 is 38.9 Å². The minimum Gasteiger partial charge on any atom is -0.484 e. The molecule has 0 aliphatic heterocycles. The number of nitrogens with zero attached hydrogens (tertiary/aromatic N) is 1. The molecule has 2 aromatic rings. The average Bonchev–Trinajstić information content (AvgIpc) is 2.57. The van der Waals surface area contributed by atoms with Crippen molar-refractivity contribution in [2.75, 3.05) is 29.0 Å². The molecule has 9 heteroatoms. The van der Waals surface area contributed by atoms with Crippen LogP contribution in [0.25, 0.3) is 0 Å². The molecule has 2 rings (SSSR count). The lowest BCUT2D eigenvalue weighted by molar-refractivity contribution is -0.118. The van der Waals surface area contributed by atoms with Gasteiger partial charge in [-0.2, -0.15) is 0 Å². The molecule has 0 fully saturated rings. The SMILES string of the molecule is CCN(c1ccc(OCC(=O)Nc2ccc(F)c(Cl)c2)cc1)S(C)(=O)=O. The van der Waals surface area contributed by atoms with E-state index >= 15 is 0 Å². The second-order valence-corrected chi connectivity index (χ2v) is 7.70. The first-order valence-corrected chi connectivity index (χ1v) is 9.89. The summed E-state index contributed by atoms with van der Waals surface area (Å²) in [6.45, 7) is 1.77. The number of sulfonamides is 1. The highest BCUT2D eigenvalue weighted by Gasteiger charge is 2.15. The van der Waals surface area contributed by atoms with Gasteiger partial charge in [-0.05, 0) is 49.4 Å². The van der Waals surface area contributed by atoms with E-state index in [2.05, 4.69) is 5.32 Å². The van der Waals surface area contributed by atoms with E-state index < -0.39 is 21.7 Å². The van der Waals surface area contributed by atoms with E-state index in [9.17, 15) is 17.6 Å². The number of hydrogen-bond donors (Lipinski definition) is 1. The van der Waals surface area contributed by atoms with Crippen molar-refractivity contribution in [1.82, 2.24) is 0 Å². The Hall–Kier alpha value is -2.32. The fourth-order valence-electron chi connectivity index (χ4n) is 2.24. The number of nitrogens with one attached hydrogen (secondary N) is 1. The van der Waals surface area contributed by atoms with Gasteiger partial charge in [-0.3, -0.25) is 9.10 Å². The summed E-state index contributed by atoms with van der Waals surface area (Å²) in [5, 5.41) is 2.44. The van der Waals surface area contributed by atoms with Gasteiger partial charge in [0.25, 0.3) is 5.91 Å².